The molecule has 17 nitrogen and oxygen atoms in total. The van der Waals surface area contributed by atoms with Crippen molar-refractivity contribution in [3.8, 4) is 39.5 Å². The zero-order valence-corrected chi connectivity index (χ0v) is 43.5. The van der Waals surface area contributed by atoms with E-state index in [9.17, 15) is 19.2 Å². The number of carbonyl (C=O) groups is 4. The van der Waals surface area contributed by atoms with E-state index >= 15 is 8.78 Å². The van der Waals surface area contributed by atoms with Crippen molar-refractivity contribution in [1.82, 2.24) is 44.9 Å². The van der Waals surface area contributed by atoms with Crippen molar-refractivity contribution in [3.63, 3.8) is 0 Å². The first-order valence-electron chi connectivity index (χ1n) is 26.1. The number of amides is 4. The third-order valence-corrected chi connectivity index (χ3v) is 17.5. The van der Waals surface area contributed by atoms with E-state index < -0.39 is 53.8 Å². The zero-order chi connectivity index (χ0) is 52.2. The number of aromatic amines is 2. The molecule has 394 valence electrons. The number of alkyl carbamates (subject to hydrolysis) is 2. The van der Waals surface area contributed by atoms with Gasteiger partial charge in [0.15, 0.2) is 5.82 Å². The highest BCUT2D eigenvalue weighted by Gasteiger charge is 2.57. The number of H-pyrrole nitrogens is 2. The molecule has 75 heavy (non-hydrogen) atoms. The number of rotatable bonds is 12. The topological polar surface area (TPSA) is 198 Å². The number of aromatic nitrogens is 5. The highest BCUT2D eigenvalue weighted by atomic mass is 32.1. The van der Waals surface area contributed by atoms with Gasteiger partial charge in [-0.2, -0.15) is 0 Å². The molecule has 0 spiro atoms. The number of hydrogen-bond acceptors (Lipinski definition) is 11. The molecule has 3 saturated heterocycles. The Kier molecular flexibility index (Phi) is 12.3. The second-order valence-electron chi connectivity index (χ2n) is 22.0. The molecule has 4 aliphatic heterocycles. The fraction of sp³-hybridized carbons (Fsp3) is 0.491. The van der Waals surface area contributed by atoms with Crippen LogP contribution in [0.4, 0.5) is 18.4 Å². The lowest BCUT2D eigenvalue weighted by Crippen LogP contribution is -2.55. The molecule has 6 aliphatic rings. The predicted octanol–water partition coefficient (Wildman–Crippen LogP) is 9.88. The second kappa shape index (κ2) is 18.8. The first kappa shape index (κ1) is 49.1. The van der Waals surface area contributed by atoms with Crippen molar-refractivity contribution in [1.29, 1.82) is 0 Å². The van der Waals surface area contributed by atoms with Crippen molar-refractivity contribution in [2.24, 2.45) is 17.8 Å². The van der Waals surface area contributed by atoms with Gasteiger partial charge in [-0.15, -0.1) is 11.3 Å². The van der Waals surface area contributed by atoms with Gasteiger partial charge < -0.3 is 49.3 Å². The van der Waals surface area contributed by atoms with Crippen molar-refractivity contribution >= 4 is 46.2 Å². The van der Waals surface area contributed by atoms with Crippen molar-refractivity contribution in [3.05, 3.63) is 87.9 Å². The van der Waals surface area contributed by atoms with E-state index in [0.29, 0.717) is 90.4 Å². The molecule has 4 aromatic heterocycles. The molecule has 2 saturated carbocycles. The van der Waals surface area contributed by atoms with Gasteiger partial charge in [0.1, 0.15) is 35.3 Å². The molecule has 0 radical (unpaired) electrons. The molecule has 4 amide bonds. The number of ether oxygens (including phenoxy) is 4. The average Bonchev–Trinajstić information content (AvgIpc) is 3.88. The van der Waals surface area contributed by atoms with Crippen molar-refractivity contribution in [2.45, 2.75) is 127 Å². The molecule has 8 atom stereocenters. The van der Waals surface area contributed by atoms with E-state index in [0.717, 1.165) is 30.6 Å². The smallest absolute Gasteiger partial charge is 0.407 e. The van der Waals surface area contributed by atoms with Crippen LogP contribution in [0.1, 0.15) is 125 Å². The third kappa shape index (κ3) is 8.80. The van der Waals surface area contributed by atoms with Crippen LogP contribution in [-0.4, -0.2) is 109 Å². The largest absolute Gasteiger partial charge is 0.464 e. The van der Waals surface area contributed by atoms with Gasteiger partial charge in [-0.1, -0.05) is 19.9 Å². The zero-order valence-electron chi connectivity index (χ0n) is 42.7. The van der Waals surface area contributed by atoms with Crippen LogP contribution >= 0.6 is 11.3 Å². The van der Waals surface area contributed by atoms with Crippen LogP contribution in [0.2, 0.25) is 0 Å². The normalized spacial score (nSPS) is 24.3. The number of thiophene rings is 1. The number of nitrogens with one attached hydrogen (secondary N) is 4. The lowest BCUT2D eigenvalue weighted by atomic mass is 9.82. The van der Waals surface area contributed by atoms with Gasteiger partial charge >= 0.3 is 12.2 Å². The Balaban J connectivity index is 0.863. The molecule has 4 N–H and O–H groups in total. The van der Waals surface area contributed by atoms with Crippen molar-refractivity contribution < 1.29 is 46.9 Å². The minimum Gasteiger partial charge on any atom is -0.464 e. The number of likely N-dealkylation sites (tertiary alicyclic amines) is 2. The summed E-state index contributed by atoms with van der Waals surface area (Å²) in [5.74, 6) is 0.0121. The maximum absolute atomic E-state index is 17.6. The monoisotopic (exact) mass is 1050 g/mol. The summed E-state index contributed by atoms with van der Waals surface area (Å²) < 4.78 is 59.0. The number of benzene rings is 2. The number of fused-ring (bicyclic) bond motifs is 6. The van der Waals surface area contributed by atoms with E-state index in [1.165, 1.54) is 25.2 Å². The van der Waals surface area contributed by atoms with Crippen LogP contribution in [0.15, 0.2) is 54.9 Å². The number of carbonyl (C=O) groups excluding carboxylic acids is 4. The Morgan fingerprint density at radius 2 is 1.57 bits per heavy atom. The summed E-state index contributed by atoms with van der Waals surface area (Å²) in [6, 6.07) is 10.3. The Morgan fingerprint density at radius 1 is 0.853 bits per heavy atom. The van der Waals surface area contributed by atoms with Gasteiger partial charge in [0.05, 0.1) is 77.3 Å². The first-order valence-corrected chi connectivity index (χ1v) is 26.9. The summed E-state index contributed by atoms with van der Waals surface area (Å²) in [7, 11) is 2.55. The summed E-state index contributed by atoms with van der Waals surface area (Å²) >= 11 is 1.62. The maximum atomic E-state index is 17.6. The summed E-state index contributed by atoms with van der Waals surface area (Å²) in [6.07, 6.45) is 7.49. The van der Waals surface area contributed by atoms with E-state index in [1.807, 2.05) is 50.8 Å². The average molecular weight is 1050 g/mol. The maximum Gasteiger partial charge on any atom is 0.407 e. The standard InChI is InChI=1S/C55H61F2N9O8S/c1-26(2)45(62-53(69)71-5)50(67)64-16-7-8-37(64)48-58-25-35(61-48)30-19-33(56)43-40(22-30)74-52(42-14-13-41(75-42)27-9-10-27)66-36-12-11-28(18-32(36)44(57)47(43)66)34-24-59-49(60-34)39-21-31-20-38(31)65(39)51(68)46(63-54(70)72-6)29-15-17-73-55(3,4)23-29/h11-14,18-19,22,24-27,29,31,37-39,45-46,52H,7-10,15-17,20-21,23H2,1-6H3,(H,58,61)(H,59,60)(H,62,69)(H,63,70)/t29?,31-,37+,38-,39+,45+,46?,52?/m1/s1. The molecule has 3 unspecified atom stereocenters. The first-order chi connectivity index (χ1) is 36.1. The van der Waals surface area contributed by atoms with Crippen molar-refractivity contribution in [2.75, 3.05) is 27.4 Å². The Hall–Kier alpha value is -6.80. The highest BCUT2D eigenvalue weighted by Crippen LogP contribution is 2.55. The minimum atomic E-state index is -0.818. The number of imidazole rings is 2. The lowest BCUT2D eigenvalue weighted by molar-refractivity contribution is -0.140. The van der Waals surface area contributed by atoms with Gasteiger partial charge in [0, 0.05) is 40.6 Å². The SMILES string of the molecule is COC(=O)NC(C(=O)N1[C@@H]2C[C@@H]2C[C@H]1c1ncc(-c2ccc3c(c2)c(F)c2n3C(c3ccc(C4CC4)s3)Oc3cc(-c4cnc([C@@H]5CCCN5C(=O)[C@@H](NC(=O)OC)C(C)C)[nH]4)cc(F)c3-2)[nH]1)C1CCOC(C)(C)C1. The molecule has 20 heteroatoms. The number of halogens is 2. The van der Waals surface area contributed by atoms with E-state index in [-0.39, 0.29) is 58.1 Å². The van der Waals surface area contributed by atoms with Crippen LogP contribution < -0.4 is 15.4 Å². The van der Waals surface area contributed by atoms with E-state index in [1.54, 1.807) is 45.3 Å². The highest BCUT2D eigenvalue weighted by molar-refractivity contribution is 7.12. The molecule has 5 fully saturated rings. The van der Waals surface area contributed by atoms with E-state index in [4.69, 9.17) is 23.9 Å². The molecular weight excluding hydrogens is 985 g/mol. The Morgan fingerprint density at radius 3 is 2.29 bits per heavy atom. The number of hydrogen-bond donors (Lipinski definition) is 4. The molecule has 2 aromatic carbocycles. The number of nitrogens with zero attached hydrogens (tertiary/aromatic N) is 5. The van der Waals surface area contributed by atoms with Crippen LogP contribution in [-0.2, 0) is 23.8 Å². The van der Waals surface area contributed by atoms with E-state index in [2.05, 4.69) is 31.7 Å². The molecule has 6 aromatic rings. The molecule has 12 rings (SSSR count). The number of piperidine rings is 1. The van der Waals surface area contributed by atoms with Gasteiger partial charge in [-0.25, -0.2) is 28.3 Å². The predicted molar refractivity (Wildman–Crippen MR) is 274 cm³/mol. The molecule has 8 heterocycles. The van der Waals surface area contributed by atoms with Crippen LogP contribution in [0.5, 0.6) is 5.75 Å². The van der Waals surface area contributed by atoms with Gasteiger partial charge in [-0.3, -0.25) is 14.2 Å². The third-order valence-electron chi connectivity index (χ3n) is 16.2. The van der Waals surface area contributed by atoms with Crippen LogP contribution in [0.3, 0.4) is 0 Å². The Bertz CT molecular complexity index is 3250. The van der Waals surface area contributed by atoms with Gasteiger partial charge in [-0.05, 0) is 125 Å². The summed E-state index contributed by atoms with van der Waals surface area (Å²) in [4.78, 5) is 75.4. The molecular formula is C55H61F2N9O8S. The quantitative estimate of drug-likeness (QED) is 0.0915. The fourth-order valence-electron chi connectivity index (χ4n) is 12.2. The molecule has 0 bridgehead atoms. The number of methoxy groups -OCH3 is 2. The lowest BCUT2D eigenvalue weighted by Gasteiger charge is -2.40. The van der Waals surface area contributed by atoms with Crippen LogP contribution in [0, 0.1) is 29.4 Å². The summed E-state index contributed by atoms with van der Waals surface area (Å²) in [6.45, 7) is 8.64. The second-order valence-corrected chi connectivity index (χ2v) is 23.2. The van der Waals surface area contributed by atoms with Crippen LogP contribution in [0.25, 0.3) is 44.7 Å². The Labute approximate surface area is 436 Å². The van der Waals surface area contributed by atoms with Gasteiger partial charge in [0.25, 0.3) is 0 Å². The summed E-state index contributed by atoms with van der Waals surface area (Å²) in [5, 5.41) is 5.82. The van der Waals surface area contributed by atoms with Gasteiger partial charge in [0.2, 0.25) is 18.0 Å². The summed E-state index contributed by atoms with van der Waals surface area (Å²) in [5.41, 5.74) is 2.32. The fourth-order valence-corrected chi connectivity index (χ4v) is 13.4. The minimum absolute atomic E-state index is 0.00736. The molecule has 2 aliphatic carbocycles.